The van der Waals surface area contributed by atoms with E-state index in [1.165, 1.54) is 6.07 Å². The molecule has 1 aliphatic heterocycles. The van der Waals surface area contributed by atoms with Gasteiger partial charge in [0.05, 0.1) is 20.6 Å². The maximum Gasteiger partial charge on any atom is 0.227 e. The molecule has 26 heavy (non-hydrogen) atoms. The molecule has 0 atom stereocenters. The van der Waals surface area contributed by atoms with Crippen LogP contribution in [0.3, 0.4) is 0 Å². The van der Waals surface area contributed by atoms with E-state index in [0.29, 0.717) is 30.2 Å². The van der Waals surface area contributed by atoms with Gasteiger partial charge < -0.3 is 19.3 Å². The minimum absolute atomic E-state index is 0.0398. The van der Waals surface area contributed by atoms with Crippen LogP contribution in [-0.4, -0.2) is 51.2 Å². The average Bonchev–Trinajstić information content (AvgIpc) is 2.69. The topological polar surface area (TPSA) is 42.0 Å². The fraction of sp³-hybridized carbons (Fsp3) is 0.350. The van der Waals surface area contributed by atoms with Crippen LogP contribution in [0.1, 0.15) is 5.56 Å². The summed E-state index contributed by atoms with van der Waals surface area (Å²) in [6.07, 6.45) is 0.100. The van der Waals surface area contributed by atoms with Crippen LogP contribution in [0.15, 0.2) is 42.5 Å². The van der Waals surface area contributed by atoms with Gasteiger partial charge in [-0.3, -0.25) is 4.79 Å². The van der Waals surface area contributed by atoms with Gasteiger partial charge in [-0.2, -0.15) is 0 Å². The molecule has 0 saturated carbocycles. The molecule has 5 nitrogen and oxygen atoms in total. The lowest BCUT2D eigenvalue weighted by molar-refractivity contribution is -0.130. The van der Waals surface area contributed by atoms with E-state index in [2.05, 4.69) is 4.90 Å². The maximum absolute atomic E-state index is 13.7. The van der Waals surface area contributed by atoms with Gasteiger partial charge in [-0.05, 0) is 23.8 Å². The zero-order valence-corrected chi connectivity index (χ0v) is 15.1. The molecule has 0 unspecified atom stereocenters. The zero-order chi connectivity index (χ0) is 18.5. The van der Waals surface area contributed by atoms with Crippen molar-refractivity contribution >= 4 is 11.6 Å². The molecule has 138 valence electrons. The van der Waals surface area contributed by atoms with E-state index in [1.807, 2.05) is 18.2 Å². The number of piperazine rings is 1. The van der Waals surface area contributed by atoms with Crippen molar-refractivity contribution in [3.05, 3.63) is 53.8 Å². The number of halogens is 1. The minimum atomic E-state index is -0.329. The number of anilines is 1. The molecule has 1 saturated heterocycles. The van der Waals surface area contributed by atoms with E-state index >= 15 is 0 Å². The Bertz CT molecular complexity index is 773. The summed E-state index contributed by atoms with van der Waals surface area (Å²) in [7, 11) is 3.22. The largest absolute Gasteiger partial charge is 0.493 e. The van der Waals surface area contributed by atoms with Crippen molar-refractivity contribution in [3.8, 4) is 11.5 Å². The fourth-order valence-electron chi connectivity index (χ4n) is 3.15. The number of methoxy groups -OCH3 is 2. The molecular formula is C20H23FN2O3. The van der Waals surface area contributed by atoms with Crippen LogP contribution in [0.2, 0.25) is 0 Å². The lowest BCUT2D eigenvalue weighted by Gasteiger charge is -2.36. The van der Waals surface area contributed by atoms with E-state index in [9.17, 15) is 9.18 Å². The highest BCUT2D eigenvalue weighted by Crippen LogP contribution is 2.31. The molecule has 0 aliphatic carbocycles. The van der Waals surface area contributed by atoms with Crippen molar-refractivity contribution in [1.82, 2.24) is 4.90 Å². The summed E-state index contributed by atoms with van der Waals surface area (Å²) in [5, 5.41) is 0. The van der Waals surface area contributed by atoms with E-state index in [0.717, 1.165) is 18.8 Å². The Morgan fingerprint density at radius 2 is 1.69 bits per heavy atom. The van der Waals surface area contributed by atoms with Gasteiger partial charge in [-0.1, -0.05) is 18.2 Å². The van der Waals surface area contributed by atoms with Crippen LogP contribution in [0.4, 0.5) is 10.1 Å². The number of rotatable bonds is 5. The molecule has 1 aliphatic rings. The highest BCUT2D eigenvalue weighted by atomic mass is 19.1. The van der Waals surface area contributed by atoms with Gasteiger partial charge >= 0.3 is 0 Å². The first-order valence-corrected chi connectivity index (χ1v) is 8.60. The van der Waals surface area contributed by atoms with Crippen molar-refractivity contribution in [2.45, 2.75) is 6.42 Å². The summed E-state index contributed by atoms with van der Waals surface area (Å²) < 4.78 is 24.4. The SMILES string of the molecule is COc1ccc(N2CCN(C(=O)Cc3ccccc3F)CC2)cc1OC. The molecule has 6 heteroatoms. The minimum Gasteiger partial charge on any atom is -0.493 e. The van der Waals surface area contributed by atoms with E-state index < -0.39 is 0 Å². The fourth-order valence-corrected chi connectivity index (χ4v) is 3.15. The summed E-state index contributed by atoms with van der Waals surface area (Å²) >= 11 is 0. The highest BCUT2D eigenvalue weighted by molar-refractivity contribution is 5.79. The molecule has 1 heterocycles. The molecule has 1 amide bonds. The number of hydrogen-bond acceptors (Lipinski definition) is 4. The van der Waals surface area contributed by atoms with Crippen molar-refractivity contribution in [1.29, 1.82) is 0 Å². The van der Waals surface area contributed by atoms with Gasteiger partial charge in [0.1, 0.15) is 5.82 Å². The first-order valence-electron chi connectivity index (χ1n) is 8.60. The van der Waals surface area contributed by atoms with Crippen LogP contribution >= 0.6 is 0 Å². The number of amides is 1. The van der Waals surface area contributed by atoms with Gasteiger partial charge in [-0.25, -0.2) is 4.39 Å². The van der Waals surface area contributed by atoms with Crippen LogP contribution in [-0.2, 0) is 11.2 Å². The van der Waals surface area contributed by atoms with Crippen LogP contribution in [0, 0.1) is 5.82 Å². The smallest absolute Gasteiger partial charge is 0.227 e. The third-order valence-electron chi connectivity index (χ3n) is 4.66. The molecule has 2 aromatic rings. The Morgan fingerprint density at radius 1 is 1.00 bits per heavy atom. The van der Waals surface area contributed by atoms with E-state index in [-0.39, 0.29) is 18.1 Å². The lowest BCUT2D eigenvalue weighted by atomic mass is 10.1. The lowest BCUT2D eigenvalue weighted by Crippen LogP contribution is -2.49. The first kappa shape index (κ1) is 18.0. The molecule has 2 aromatic carbocycles. The zero-order valence-electron chi connectivity index (χ0n) is 15.1. The summed E-state index contributed by atoms with van der Waals surface area (Å²) in [4.78, 5) is 16.4. The molecule has 3 rings (SSSR count). The molecule has 0 aromatic heterocycles. The molecule has 0 bridgehead atoms. The first-order chi connectivity index (χ1) is 12.6. The van der Waals surface area contributed by atoms with Crippen LogP contribution in [0.5, 0.6) is 11.5 Å². The van der Waals surface area contributed by atoms with E-state index in [4.69, 9.17) is 9.47 Å². The third-order valence-corrected chi connectivity index (χ3v) is 4.66. The Kier molecular flexibility index (Phi) is 5.61. The molecule has 0 N–H and O–H groups in total. The summed E-state index contributed by atoms with van der Waals surface area (Å²) in [6, 6.07) is 12.2. The van der Waals surface area contributed by atoms with Crippen molar-refractivity contribution in [2.24, 2.45) is 0 Å². The summed E-state index contributed by atoms with van der Waals surface area (Å²) in [5.74, 6) is 1.00. The Morgan fingerprint density at radius 3 is 2.35 bits per heavy atom. The second kappa shape index (κ2) is 8.08. The van der Waals surface area contributed by atoms with Crippen molar-refractivity contribution in [3.63, 3.8) is 0 Å². The van der Waals surface area contributed by atoms with Crippen LogP contribution < -0.4 is 14.4 Å². The molecular weight excluding hydrogens is 335 g/mol. The second-order valence-corrected chi connectivity index (χ2v) is 6.18. The van der Waals surface area contributed by atoms with Gasteiger partial charge in [0.15, 0.2) is 11.5 Å². The highest BCUT2D eigenvalue weighted by Gasteiger charge is 2.22. The predicted molar refractivity (Wildman–Crippen MR) is 98.4 cm³/mol. The predicted octanol–water partition coefficient (Wildman–Crippen LogP) is 2.73. The van der Waals surface area contributed by atoms with Gasteiger partial charge in [0.2, 0.25) is 5.91 Å². The van der Waals surface area contributed by atoms with Gasteiger partial charge in [-0.15, -0.1) is 0 Å². The summed E-state index contributed by atoms with van der Waals surface area (Å²) in [6.45, 7) is 2.67. The average molecular weight is 358 g/mol. The number of hydrogen-bond donors (Lipinski definition) is 0. The monoisotopic (exact) mass is 358 g/mol. The molecule has 1 fully saturated rings. The van der Waals surface area contributed by atoms with Gasteiger partial charge in [0, 0.05) is 37.9 Å². The maximum atomic E-state index is 13.7. The molecule has 0 radical (unpaired) electrons. The van der Waals surface area contributed by atoms with Crippen molar-refractivity contribution < 1.29 is 18.7 Å². The number of ether oxygens (including phenoxy) is 2. The third kappa shape index (κ3) is 3.90. The standard InChI is InChI=1S/C20H23FN2O3/c1-25-18-8-7-16(14-19(18)26-2)22-9-11-23(12-10-22)20(24)13-15-5-3-4-6-17(15)21/h3-8,14H,9-13H2,1-2H3. The second-order valence-electron chi connectivity index (χ2n) is 6.18. The Labute approximate surface area is 152 Å². The quantitative estimate of drug-likeness (QED) is 0.824. The number of nitrogens with zero attached hydrogens (tertiary/aromatic N) is 2. The summed E-state index contributed by atoms with van der Waals surface area (Å²) in [5.41, 5.74) is 1.48. The number of carbonyl (C=O) groups excluding carboxylic acids is 1. The van der Waals surface area contributed by atoms with E-state index in [1.54, 1.807) is 37.3 Å². The number of benzene rings is 2. The van der Waals surface area contributed by atoms with Crippen molar-refractivity contribution in [2.75, 3.05) is 45.3 Å². The van der Waals surface area contributed by atoms with Crippen LogP contribution in [0.25, 0.3) is 0 Å². The number of carbonyl (C=O) groups is 1. The molecule has 0 spiro atoms. The Balaban J connectivity index is 1.60. The van der Waals surface area contributed by atoms with Gasteiger partial charge in [0.25, 0.3) is 0 Å². The normalized spacial score (nSPS) is 14.3. The Hall–Kier alpha value is -2.76.